The second-order valence-corrected chi connectivity index (χ2v) is 3.23. The van der Waals surface area contributed by atoms with Gasteiger partial charge in [0.2, 0.25) is 0 Å². The summed E-state index contributed by atoms with van der Waals surface area (Å²) >= 11 is 0. The predicted molar refractivity (Wildman–Crippen MR) is 54.3 cm³/mol. The van der Waals surface area contributed by atoms with E-state index in [1.165, 1.54) is 4.57 Å². The molecular formula is C9H17N3O2. The molecule has 0 aliphatic heterocycles. The molecule has 0 fully saturated rings. The molecule has 1 aromatic heterocycles. The summed E-state index contributed by atoms with van der Waals surface area (Å²) in [5.74, 6) is 0. The summed E-state index contributed by atoms with van der Waals surface area (Å²) in [5, 5.41) is 12.3. The third-order valence-electron chi connectivity index (χ3n) is 2.11. The Morgan fingerprint density at radius 1 is 1.50 bits per heavy atom. The molecule has 0 aromatic carbocycles. The normalized spacial score (nSPS) is 13.1. The van der Waals surface area contributed by atoms with Gasteiger partial charge in [-0.25, -0.2) is 4.79 Å². The molecule has 0 bridgehead atoms. The van der Waals surface area contributed by atoms with E-state index in [0.717, 1.165) is 0 Å². The molecule has 0 radical (unpaired) electrons. The molecule has 0 amide bonds. The highest BCUT2D eigenvalue weighted by molar-refractivity contribution is 4.82. The maximum atomic E-state index is 11.5. The van der Waals surface area contributed by atoms with Gasteiger partial charge in [0.05, 0.1) is 12.6 Å². The van der Waals surface area contributed by atoms with E-state index in [1.807, 2.05) is 6.92 Å². The van der Waals surface area contributed by atoms with Gasteiger partial charge in [0.25, 0.3) is 0 Å². The summed E-state index contributed by atoms with van der Waals surface area (Å²) < 4.78 is 3.12. The van der Waals surface area contributed by atoms with Crippen molar-refractivity contribution >= 4 is 0 Å². The molecule has 0 spiro atoms. The Balaban J connectivity index is 2.67. The zero-order valence-corrected chi connectivity index (χ0v) is 8.60. The molecule has 1 rings (SSSR count). The SMILES string of the molecule is CCn1ccn(CC(O)CNC)c1=O. The van der Waals surface area contributed by atoms with E-state index in [2.05, 4.69) is 5.32 Å². The van der Waals surface area contributed by atoms with E-state index in [9.17, 15) is 9.90 Å². The van der Waals surface area contributed by atoms with Crippen LogP contribution in [-0.4, -0.2) is 33.9 Å². The minimum Gasteiger partial charge on any atom is -0.390 e. The van der Waals surface area contributed by atoms with E-state index in [4.69, 9.17) is 0 Å². The topological polar surface area (TPSA) is 59.2 Å². The molecule has 0 aliphatic carbocycles. The quantitative estimate of drug-likeness (QED) is 0.656. The van der Waals surface area contributed by atoms with E-state index in [1.54, 1.807) is 24.0 Å². The van der Waals surface area contributed by atoms with Crippen molar-refractivity contribution in [2.75, 3.05) is 13.6 Å². The average molecular weight is 199 g/mol. The first-order valence-electron chi connectivity index (χ1n) is 4.77. The van der Waals surface area contributed by atoms with Crippen molar-refractivity contribution in [3.05, 3.63) is 22.9 Å². The molecule has 0 saturated heterocycles. The zero-order chi connectivity index (χ0) is 10.6. The maximum Gasteiger partial charge on any atom is 0.328 e. The molecule has 5 nitrogen and oxygen atoms in total. The number of aryl methyl sites for hydroxylation is 1. The van der Waals surface area contributed by atoms with Crippen molar-refractivity contribution in [3.63, 3.8) is 0 Å². The van der Waals surface area contributed by atoms with Crippen LogP contribution in [0.3, 0.4) is 0 Å². The van der Waals surface area contributed by atoms with Gasteiger partial charge in [-0.2, -0.15) is 0 Å². The van der Waals surface area contributed by atoms with Gasteiger partial charge in [-0.05, 0) is 14.0 Å². The Labute approximate surface area is 83.0 Å². The highest BCUT2D eigenvalue weighted by Gasteiger charge is 2.07. The fourth-order valence-electron chi connectivity index (χ4n) is 1.36. The van der Waals surface area contributed by atoms with Crippen molar-refractivity contribution in [2.45, 2.75) is 26.1 Å². The summed E-state index contributed by atoms with van der Waals surface area (Å²) in [7, 11) is 1.77. The van der Waals surface area contributed by atoms with Crippen LogP contribution in [0.25, 0.3) is 0 Å². The summed E-state index contributed by atoms with van der Waals surface area (Å²) in [4.78, 5) is 11.5. The lowest BCUT2D eigenvalue weighted by Gasteiger charge is -2.09. The zero-order valence-electron chi connectivity index (χ0n) is 8.60. The number of nitrogens with one attached hydrogen (secondary N) is 1. The van der Waals surface area contributed by atoms with Gasteiger partial charge < -0.3 is 10.4 Å². The Morgan fingerprint density at radius 3 is 2.64 bits per heavy atom. The Bertz CT molecular complexity index is 329. The number of rotatable bonds is 5. The van der Waals surface area contributed by atoms with Gasteiger partial charge >= 0.3 is 5.69 Å². The fourth-order valence-corrected chi connectivity index (χ4v) is 1.36. The molecule has 0 saturated carbocycles. The molecule has 2 N–H and O–H groups in total. The summed E-state index contributed by atoms with van der Waals surface area (Å²) in [6.45, 7) is 3.40. The third kappa shape index (κ3) is 2.46. The number of aliphatic hydroxyl groups excluding tert-OH is 1. The van der Waals surface area contributed by atoms with Crippen LogP contribution in [0.5, 0.6) is 0 Å². The van der Waals surface area contributed by atoms with Gasteiger partial charge in [0, 0.05) is 25.5 Å². The first-order chi connectivity index (χ1) is 6.69. The van der Waals surface area contributed by atoms with Crippen LogP contribution in [-0.2, 0) is 13.1 Å². The molecule has 1 unspecified atom stereocenters. The minimum absolute atomic E-state index is 0.0670. The maximum absolute atomic E-state index is 11.5. The smallest absolute Gasteiger partial charge is 0.328 e. The molecule has 5 heteroatoms. The predicted octanol–water partition coefficient (Wildman–Crippen LogP) is -0.750. The Hall–Kier alpha value is -1.07. The van der Waals surface area contributed by atoms with Crippen molar-refractivity contribution in [3.8, 4) is 0 Å². The molecule has 1 atom stereocenters. The highest BCUT2D eigenvalue weighted by atomic mass is 16.3. The largest absolute Gasteiger partial charge is 0.390 e. The summed E-state index contributed by atoms with van der Waals surface area (Å²) in [6, 6.07) is 0. The van der Waals surface area contributed by atoms with Crippen molar-refractivity contribution < 1.29 is 5.11 Å². The molecule has 80 valence electrons. The van der Waals surface area contributed by atoms with Crippen molar-refractivity contribution in [1.82, 2.24) is 14.5 Å². The van der Waals surface area contributed by atoms with Crippen molar-refractivity contribution in [2.24, 2.45) is 0 Å². The number of imidazole rings is 1. The monoisotopic (exact) mass is 199 g/mol. The second kappa shape index (κ2) is 4.97. The van der Waals surface area contributed by atoms with E-state index in [-0.39, 0.29) is 5.69 Å². The van der Waals surface area contributed by atoms with Gasteiger partial charge in [0.1, 0.15) is 0 Å². The molecular weight excluding hydrogens is 182 g/mol. The van der Waals surface area contributed by atoms with Crippen LogP contribution < -0.4 is 11.0 Å². The molecule has 1 aromatic rings. The van der Waals surface area contributed by atoms with E-state index in [0.29, 0.717) is 19.6 Å². The van der Waals surface area contributed by atoms with Gasteiger partial charge in [0.15, 0.2) is 0 Å². The third-order valence-corrected chi connectivity index (χ3v) is 2.11. The Kier molecular flexibility index (Phi) is 3.91. The lowest BCUT2D eigenvalue weighted by atomic mass is 10.3. The van der Waals surface area contributed by atoms with Crippen LogP contribution in [0, 0.1) is 0 Å². The molecule has 14 heavy (non-hydrogen) atoms. The number of aliphatic hydroxyl groups is 1. The van der Waals surface area contributed by atoms with Crippen LogP contribution in [0.2, 0.25) is 0 Å². The highest BCUT2D eigenvalue weighted by Crippen LogP contribution is 1.89. The van der Waals surface area contributed by atoms with E-state index >= 15 is 0 Å². The number of hydrogen-bond donors (Lipinski definition) is 2. The second-order valence-electron chi connectivity index (χ2n) is 3.23. The lowest BCUT2D eigenvalue weighted by Crippen LogP contribution is -2.33. The fraction of sp³-hybridized carbons (Fsp3) is 0.667. The lowest BCUT2D eigenvalue weighted by molar-refractivity contribution is 0.152. The molecule has 1 heterocycles. The Morgan fingerprint density at radius 2 is 2.14 bits per heavy atom. The van der Waals surface area contributed by atoms with Crippen LogP contribution in [0.15, 0.2) is 17.2 Å². The van der Waals surface area contributed by atoms with Crippen molar-refractivity contribution in [1.29, 1.82) is 0 Å². The standard InChI is InChI=1S/C9H17N3O2/c1-3-11-4-5-12(9(11)14)7-8(13)6-10-2/h4-5,8,10,13H,3,6-7H2,1-2H3. The van der Waals surface area contributed by atoms with Gasteiger partial charge in [-0.15, -0.1) is 0 Å². The number of hydrogen-bond acceptors (Lipinski definition) is 3. The number of likely N-dealkylation sites (N-methyl/N-ethyl adjacent to an activating group) is 1. The molecule has 0 aliphatic rings. The first-order valence-corrected chi connectivity index (χ1v) is 4.77. The van der Waals surface area contributed by atoms with Gasteiger partial charge in [-0.1, -0.05) is 0 Å². The number of aromatic nitrogens is 2. The van der Waals surface area contributed by atoms with Crippen LogP contribution >= 0.6 is 0 Å². The van der Waals surface area contributed by atoms with Crippen LogP contribution in [0.4, 0.5) is 0 Å². The summed E-state index contributed by atoms with van der Waals surface area (Å²) in [5.41, 5.74) is -0.0670. The summed E-state index contributed by atoms with van der Waals surface area (Å²) in [6.07, 6.45) is 2.91. The average Bonchev–Trinajstić information content (AvgIpc) is 2.48. The van der Waals surface area contributed by atoms with E-state index < -0.39 is 6.10 Å². The minimum atomic E-state index is -0.523. The van der Waals surface area contributed by atoms with Gasteiger partial charge in [-0.3, -0.25) is 9.13 Å². The first kappa shape index (κ1) is 11.0. The number of nitrogens with zero attached hydrogens (tertiary/aromatic N) is 2. The van der Waals surface area contributed by atoms with Crippen LogP contribution in [0.1, 0.15) is 6.92 Å².